The van der Waals surface area contributed by atoms with Crippen molar-refractivity contribution in [2.24, 2.45) is 0 Å². The minimum absolute atomic E-state index is 0.0774. The van der Waals surface area contributed by atoms with Gasteiger partial charge in [0.1, 0.15) is 5.82 Å². The number of benzene rings is 1. The predicted octanol–water partition coefficient (Wildman–Crippen LogP) is 2.61. The molecule has 1 rings (SSSR count). The third-order valence-corrected chi connectivity index (χ3v) is 2.71. The van der Waals surface area contributed by atoms with Gasteiger partial charge in [0.15, 0.2) is 0 Å². The predicted molar refractivity (Wildman–Crippen MR) is 66.2 cm³/mol. The fourth-order valence-electron chi connectivity index (χ4n) is 1.45. The highest BCUT2D eigenvalue weighted by Gasteiger charge is 2.11. The molecule has 0 aliphatic heterocycles. The number of alkyl halides is 1. The highest BCUT2D eigenvalue weighted by molar-refractivity contribution is 9.09. The zero-order valence-corrected chi connectivity index (χ0v) is 10.8. The van der Waals surface area contributed by atoms with Gasteiger partial charge in [0.05, 0.1) is 6.42 Å². The van der Waals surface area contributed by atoms with Crippen LogP contribution in [0.5, 0.6) is 0 Å². The van der Waals surface area contributed by atoms with Crippen LogP contribution in [0.3, 0.4) is 0 Å². The average Bonchev–Trinajstić information content (AvgIpc) is 2.29. The minimum atomic E-state index is -0.274. The number of amides is 1. The maximum absolute atomic E-state index is 12.7. The Morgan fingerprint density at radius 1 is 1.38 bits per heavy atom. The smallest absolute Gasteiger partial charge is 0.227 e. The van der Waals surface area contributed by atoms with Crippen LogP contribution in [0.15, 0.2) is 24.3 Å². The fourth-order valence-corrected chi connectivity index (χ4v) is 1.88. The van der Waals surface area contributed by atoms with Crippen LogP contribution in [0.4, 0.5) is 4.39 Å². The van der Waals surface area contributed by atoms with E-state index in [4.69, 9.17) is 0 Å². The molecule has 1 aromatic rings. The van der Waals surface area contributed by atoms with Crippen molar-refractivity contribution in [3.05, 3.63) is 35.6 Å². The molecule has 2 nitrogen and oxygen atoms in total. The molecule has 0 aliphatic rings. The first kappa shape index (κ1) is 13.2. The first-order chi connectivity index (χ1) is 7.67. The first-order valence-electron chi connectivity index (χ1n) is 5.25. The molecule has 1 aromatic carbocycles. The van der Waals surface area contributed by atoms with Gasteiger partial charge in [-0.05, 0) is 24.6 Å². The van der Waals surface area contributed by atoms with E-state index < -0.39 is 0 Å². The van der Waals surface area contributed by atoms with Gasteiger partial charge >= 0.3 is 0 Å². The Morgan fingerprint density at radius 3 is 2.50 bits per heavy atom. The molecule has 0 heterocycles. The lowest BCUT2D eigenvalue weighted by atomic mass is 10.1. The number of rotatable bonds is 5. The second-order valence-electron chi connectivity index (χ2n) is 3.47. The second-order valence-corrected chi connectivity index (χ2v) is 4.26. The molecule has 0 bridgehead atoms. The number of likely N-dealkylation sites (N-methyl/N-ethyl adjacent to an activating group) is 1. The van der Waals surface area contributed by atoms with Gasteiger partial charge in [-0.3, -0.25) is 4.79 Å². The summed E-state index contributed by atoms with van der Waals surface area (Å²) in [6.45, 7) is 3.35. The zero-order valence-electron chi connectivity index (χ0n) is 9.25. The number of nitrogens with zero attached hydrogens (tertiary/aromatic N) is 1. The normalized spacial score (nSPS) is 10.2. The summed E-state index contributed by atoms with van der Waals surface area (Å²) in [5.41, 5.74) is 0.847. The molecule has 1 amide bonds. The van der Waals surface area contributed by atoms with E-state index in [1.54, 1.807) is 17.0 Å². The van der Waals surface area contributed by atoms with Gasteiger partial charge < -0.3 is 4.90 Å². The summed E-state index contributed by atoms with van der Waals surface area (Å²) in [5, 5.41) is 0.774. The molecule has 0 fully saturated rings. The Morgan fingerprint density at radius 2 is 2.00 bits per heavy atom. The zero-order chi connectivity index (χ0) is 12.0. The van der Waals surface area contributed by atoms with E-state index in [2.05, 4.69) is 15.9 Å². The van der Waals surface area contributed by atoms with E-state index in [9.17, 15) is 9.18 Å². The maximum atomic E-state index is 12.7. The number of carbonyl (C=O) groups is 1. The van der Waals surface area contributed by atoms with Crippen molar-refractivity contribution in [1.82, 2.24) is 4.90 Å². The van der Waals surface area contributed by atoms with E-state index in [0.717, 1.165) is 10.9 Å². The molecular weight excluding hydrogens is 273 g/mol. The van der Waals surface area contributed by atoms with Crippen molar-refractivity contribution >= 4 is 21.8 Å². The number of carbonyl (C=O) groups excluding carboxylic acids is 1. The van der Waals surface area contributed by atoms with Crippen LogP contribution >= 0.6 is 15.9 Å². The van der Waals surface area contributed by atoms with Gasteiger partial charge in [-0.15, -0.1) is 0 Å². The molecule has 0 aliphatic carbocycles. The van der Waals surface area contributed by atoms with Crippen molar-refractivity contribution < 1.29 is 9.18 Å². The third-order valence-electron chi connectivity index (χ3n) is 2.36. The summed E-state index contributed by atoms with van der Waals surface area (Å²) < 4.78 is 12.7. The number of halogens is 2. The molecule has 4 heteroatoms. The standard InChI is InChI=1S/C12H15BrFNO/c1-2-15(8-7-13)12(16)9-10-3-5-11(14)6-4-10/h3-6H,2,7-9H2,1H3. The van der Waals surface area contributed by atoms with Crippen molar-refractivity contribution in [2.75, 3.05) is 18.4 Å². The molecule has 0 unspecified atom stereocenters. The molecule has 16 heavy (non-hydrogen) atoms. The van der Waals surface area contributed by atoms with Crippen molar-refractivity contribution in [3.63, 3.8) is 0 Å². The van der Waals surface area contributed by atoms with Crippen LogP contribution in [0, 0.1) is 5.82 Å². The largest absolute Gasteiger partial charge is 0.342 e. The van der Waals surface area contributed by atoms with E-state index in [1.807, 2.05) is 6.92 Å². The number of hydrogen-bond acceptors (Lipinski definition) is 1. The Labute approximate surface area is 104 Å². The second kappa shape index (κ2) is 6.63. The Balaban J connectivity index is 2.59. The van der Waals surface area contributed by atoms with Crippen LogP contribution in [0.1, 0.15) is 12.5 Å². The number of hydrogen-bond donors (Lipinski definition) is 0. The maximum Gasteiger partial charge on any atom is 0.227 e. The van der Waals surface area contributed by atoms with Crippen LogP contribution in [-0.2, 0) is 11.2 Å². The lowest BCUT2D eigenvalue weighted by Crippen LogP contribution is -2.33. The fraction of sp³-hybridized carbons (Fsp3) is 0.417. The third kappa shape index (κ3) is 3.93. The molecule has 0 saturated carbocycles. The van der Waals surface area contributed by atoms with Crippen molar-refractivity contribution in [3.8, 4) is 0 Å². The first-order valence-corrected chi connectivity index (χ1v) is 6.37. The quantitative estimate of drug-likeness (QED) is 0.763. The van der Waals surface area contributed by atoms with Crippen LogP contribution in [0.25, 0.3) is 0 Å². The van der Waals surface area contributed by atoms with Crippen LogP contribution < -0.4 is 0 Å². The van der Waals surface area contributed by atoms with E-state index in [1.165, 1.54) is 12.1 Å². The summed E-state index contributed by atoms with van der Waals surface area (Å²) in [6.07, 6.45) is 0.334. The molecule has 0 N–H and O–H groups in total. The monoisotopic (exact) mass is 287 g/mol. The Bertz CT molecular complexity index is 339. The van der Waals surface area contributed by atoms with Gasteiger partial charge in [0.2, 0.25) is 5.91 Å². The van der Waals surface area contributed by atoms with Gasteiger partial charge in [-0.25, -0.2) is 4.39 Å². The highest BCUT2D eigenvalue weighted by atomic mass is 79.9. The van der Waals surface area contributed by atoms with Crippen LogP contribution in [0.2, 0.25) is 0 Å². The lowest BCUT2D eigenvalue weighted by Gasteiger charge is -2.19. The summed E-state index contributed by atoms with van der Waals surface area (Å²) in [6, 6.07) is 6.05. The molecule has 0 spiro atoms. The van der Waals surface area contributed by atoms with E-state index in [0.29, 0.717) is 19.5 Å². The minimum Gasteiger partial charge on any atom is -0.342 e. The highest BCUT2D eigenvalue weighted by Crippen LogP contribution is 2.05. The summed E-state index contributed by atoms with van der Waals surface area (Å²) in [7, 11) is 0. The Kier molecular flexibility index (Phi) is 5.46. The van der Waals surface area contributed by atoms with E-state index >= 15 is 0 Å². The van der Waals surface area contributed by atoms with Gasteiger partial charge in [-0.1, -0.05) is 28.1 Å². The van der Waals surface area contributed by atoms with Crippen molar-refractivity contribution in [1.29, 1.82) is 0 Å². The summed E-state index contributed by atoms with van der Waals surface area (Å²) >= 11 is 3.31. The van der Waals surface area contributed by atoms with Crippen LogP contribution in [-0.4, -0.2) is 29.2 Å². The van der Waals surface area contributed by atoms with E-state index in [-0.39, 0.29) is 11.7 Å². The van der Waals surface area contributed by atoms with Gasteiger partial charge in [0, 0.05) is 18.4 Å². The van der Waals surface area contributed by atoms with Gasteiger partial charge in [0.25, 0.3) is 0 Å². The molecule has 0 aromatic heterocycles. The summed E-state index contributed by atoms with van der Waals surface area (Å²) in [5.74, 6) is -0.197. The molecule has 0 saturated heterocycles. The van der Waals surface area contributed by atoms with Gasteiger partial charge in [-0.2, -0.15) is 0 Å². The average molecular weight is 288 g/mol. The molecule has 88 valence electrons. The molecular formula is C12H15BrFNO. The topological polar surface area (TPSA) is 20.3 Å². The SMILES string of the molecule is CCN(CCBr)C(=O)Cc1ccc(F)cc1. The molecule has 0 radical (unpaired) electrons. The Hall–Kier alpha value is -0.900. The summed E-state index contributed by atoms with van der Waals surface area (Å²) in [4.78, 5) is 13.6. The lowest BCUT2D eigenvalue weighted by molar-refractivity contribution is -0.130. The van der Waals surface area contributed by atoms with Crippen molar-refractivity contribution in [2.45, 2.75) is 13.3 Å². The molecule has 0 atom stereocenters.